The first-order chi connectivity index (χ1) is 9.33. The summed E-state index contributed by atoms with van der Waals surface area (Å²) in [6, 6.07) is 5.88. The number of methoxy groups -OCH3 is 1. The predicted molar refractivity (Wildman–Crippen MR) is 73.9 cm³/mol. The van der Waals surface area contributed by atoms with E-state index in [4.69, 9.17) is 14.9 Å². The minimum absolute atomic E-state index is 0.109. The highest BCUT2D eigenvalue weighted by Crippen LogP contribution is 2.21. The van der Waals surface area contributed by atoms with Crippen LogP contribution in [0.1, 0.15) is 24.2 Å². The van der Waals surface area contributed by atoms with Crippen molar-refractivity contribution in [2.45, 2.75) is 19.4 Å². The van der Waals surface area contributed by atoms with Gasteiger partial charge >= 0.3 is 5.97 Å². The second-order valence-corrected chi connectivity index (χ2v) is 4.75. The van der Waals surface area contributed by atoms with Crippen molar-refractivity contribution in [1.29, 1.82) is 0 Å². The molecule has 0 aliphatic carbocycles. The van der Waals surface area contributed by atoms with Gasteiger partial charge < -0.3 is 19.8 Å². The lowest BCUT2D eigenvalue weighted by Gasteiger charge is -2.30. The summed E-state index contributed by atoms with van der Waals surface area (Å²) in [7, 11) is 1.43. The quantitative estimate of drug-likeness (QED) is 0.816. The van der Waals surface area contributed by atoms with Gasteiger partial charge in [0.05, 0.1) is 12.2 Å². The Balaban J connectivity index is 3.07. The molecule has 6 heteroatoms. The van der Waals surface area contributed by atoms with Gasteiger partial charge in [-0.2, -0.15) is 0 Å². The molecule has 0 saturated carbocycles. The lowest BCUT2D eigenvalue weighted by molar-refractivity contribution is -0.136. The van der Waals surface area contributed by atoms with Gasteiger partial charge in [0, 0.05) is 19.3 Å². The molecule has 20 heavy (non-hydrogen) atoms. The van der Waals surface area contributed by atoms with Crippen LogP contribution >= 0.6 is 0 Å². The van der Waals surface area contributed by atoms with Crippen molar-refractivity contribution in [1.82, 2.24) is 0 Å². The molecule has 110 valence electrons. The predicted octanol–water partition coefficient (Wildman–Crippen LogP) is 1.14. The summed E-state index contributed by atoms with van der Waals surface area (Å²) in [6.45, 7) is 3.17. The van der Waals surface area contributed by atoms with E-state index in [-0.39, 0.29) is 24.6 Å². The van der Waals surface area contributed by atoms with E-state index in [0.717, 1.165) is 0 Å². The van der Waals surface area contributed by atoms with Crippen molar-refractivity contribution in [3.63, 3.8) is 0 Å². The number of amides is 1. The Labute approximate surface area is 117 Å². The maximum atomic E-state index is 12.4. The number of hydrogen-bond acceptors (Lipinski definition) is 4. The molecule has 0 atom stereocenters. The molecule has 0 unspecified atom stereocenters. The Hall–Kier alpha value is -1.92. The number of carbonyl (C=O) groups is 2. The Morgan fingerprint density at radius 2 is 1.80 bits per heavy atom. The standard InChI is InChI=1S/C14H19NO5/c1-14(2,20-3)13(19)15(8-9-16)11-6-4-10(5-7-11)12(17)18/h4-7,16H,8-9H2,1-3H3,(H,17,18). The number of hydrogen-bond donors (Lipinski definition) is 2. The third-order valence-electron chi connectivity index (χ3n) is 3.02. The van der Waals surface area contributed by atoms with Crippen LogP contribution in [0.2, 0.25) is 0 Å². The average molecular weight is 281 g/mol. The molecule has 1 aromatic rings. The van der Waals surface area contributed by atoms with Gasteiger partial charge in [-0.05, 0) is 38.1 Å². The van der Waals surface area contributed by atoms with Gasteiger partial charge in [0.25, 0.3) is 5.91 Å². The first-order valence-electron chi connectivity index (χ1n) is 6.15. The summed E-state index contributed by atoms with van der Waals surface area (Å²) in [5, 5.41) is 18.0. The van der Waals surface area contributed by atoms with Crippen LogP contribution in [0.4, 0.5) is 5.69 Å². The van der Waals surface area contributed by atoms with E-state index in [1.165, 1.54) is 36.3 Å². The third kappa shape index (κ3) is 3.55. The second kappa shape index (κ2) is 6.49. The summed E-state index contributed by atoms with van der Waals surface area (Å²) < 4.78 is 5.14. The van der Waals surface area contributed by atoms with Crippen molar-refractivity contribution in [3.8, 4) is 0 Å². The van der Waals surface area contributed by atoms with Crippen molar-refractivity contribution in [3.05, 3.63) is 29.8 Å². The number of carboxylic acid groups (broad SMARTS) is 1. The molecule has 0 saturated heterocycles. The molecule has 0 aliphatic heterocycles. The number of nitrogens with zero attached hydrogens (tertiary/aromatic N) is 1. The van der Waals surface area contributed by atoms with Crippen LogP contribution in [0.25, 0.3) is 0 Å². The number of carboxylic acids is 1. The summed E-state index contributed by atoms with van der Waals surface area (Å²) in [6.07, 6.45) is 0. The normalized spacial score (nSPS) is 11.2. The maximum Gasteiger partial charge on any atom is 0.335 e. The number of rotatable bonds is 6. The minimum Gasteiger partial charge on any atom is -0.478 e. The summed E-state index contributed by atoms with van der Waals surface area (Å²) >= 11 is 0. The van der Waals surface area contributed by atoms with Gasteiger partial charge in [-0.3, -0.25) is 4.79 Å². The van der Waals surface area contributed by atoms with E-state index in [1.807, 2.05) is 0 Å². The van der Waals surface area contributed by atoms with Gasteiger partial charge in [0.2, 0.25) is 0 Å². The van der Waals surface area contributed by atoms with E-state index >= 15 is 0 Å². The van der Waals surface area contributed by atoms with Crippen LogP contribution < -0.4 is 4.90 Å². The number of anilines is 1. The Bertz CT molecular complexity index is 481. The van der Waals surface area contributed by atoms with Crippen LogP contribution in [-0.2, 0) is 9.53 Å². The van der Waals surface area contributed by atoms with Crippen LogP contribution in [0, 0.1) is 0 Å². The number of aliphatic hydroxyl groups is 1. The van der Waals surface area contributed by atoms with Crippen LogP contribution in [-0.4, -0.2) is 48.0 Å². The molecule has 1 aromatic carbocycles. The van der Waals surface area contributed by atoms with E-state index < -0.39 is 11.6 Å². The zero-order valence-electron chi connectivity index (χ0n) is 11.8. The molecule has 0 aliphatic rings. The van der Waals surface area contributed by atoms with Crippen molar-refractivity contribution in [2.75, 3.05) is 25.2 Å². The summed E-state index contributed by atoms with van der Waals surface area (Å²) in [4.78, 5) is 24.6. The SMILES string of the molecule is COC(C)(C)C(=O)N(CCO)c1ccc(C(=O)O)cc1. The van der Waals surface area contributed by atoms with E-state index in [1.54, 1.807) is 13.8 Å². The molecular weight excluding hydrogens is 262 g/mol. The van der Waals surface area contributed by atoms with Crippen LogP contribution in [0.3, 0.4) is 0 Å². The molecule has 6 nitrogen and oxygen atoms in total. The highest BCUT2D eigenvalue weighted by Gasteiger charge is 2.32. The van der Waals surface area contributed by atoms with Crippen molar-refractivity contribution >= 4 is 17.6 Å². The molecule has 1 rings (SSSR count). The molecular formula is C14H19NO5. The highest BCUT2D eigenvalue weighted by atomic mass is 16.5. The Morgan fingerprint density at radius 1 is 1.25 bits per heavy atom. The number of carbonyl (C=O) groups excluding carboxylic acids is 1. The van der Waals surface area contributed by atoms with Crippen molar-refractivity contribution < 1.29 is 24.5 Å². The first-order valence-corrected chi connectivity index (χ1v) is 6.15. The van der Waals surface area contributed by atoms with Crippen LogP contribution in [0.15, 0.2) is 24.3 Å². The maximum absolute atomic E-state index is 12.4. The molecule has 0 spiro atoms. The monoisotopic (exact) mass is 281 g/mol. The number of benzene rings is 1. The van der Waals surface area contributed by atoms with Gasteiger partial charge in [0.1, 0.15) is 5.60 Å². The highest BCUT2D eigenvalue weighted by molar-refractivity contribution is 5.99. The van der Waals surface area contributed by atoms with E-state index in [0.29, 0.717) is 5.69 Å². The molecule has 0 heterocycles. The number of ether oxygens (including phenoxy) is 1. The third-order valence-corrected chi connectivity index (χ3v) is 3.02. The van der Waals surface area contributed by atoms with E-state index in [9.17, 15) is 9.59 Å². The zero-order valence-corrected chi connectivity index (χ0v) is 11.8. The minimum atomic E-state index is -1.03. The molecule has 0 aromatic heterocycles. The molecule has 0 bridgehead atoms. The summed E-state index contributed by atoms with van der Waals surface area (Å²) in [5.74, 6) is -1.34. The second-order valence-electron chi connectivity index (χ2n) is 4.75. The topological polar surface area (TPSA) is 87.1 Å². The fourth-order valence-corrected chi connectivity index (χ4v) is 1.64. The molecule has 2 N–H and O–H groups in total. The first kappa shape index (κ1) is 16.1. The molecule has 0 fully saturated rings. The Morgan fingerprint density at radius 3 is 2.20 bits per heavy atom. The van der Waals surface area contributed by atoms with Crippen molar-refractivity contribution in [2.24, 2.45) is 0 Å². The van der Waals surface area contributed by atoms with Gasteiger partial charge in [-0.25, -0.2) is 4.79 Å². The van der Waals surface area contributed by atoms with Crippen LogP contribution in [0.5, 0.6) is 0 Å². The molecule has 0 radical (unpaired) electrons. The van der Waals surface area contributed by atoms with Gasteiger partial charge in [-0.1, -0.05) is 0 Å². The summed E-state index contributed by atoms with van der Waals surface area (Å²) in [5.41, 5.74) is -0.379. The fraction of sp³-hybridized carbons (Fsp3) is 0.429. The largest absolute Gasteiger partial charge is 0.478 e. The lowest BCUT2D eigenvalue weighted by Crippen LogP contribution is -2.47. The zero-order chi connectivity index (χ0) is 15.3. The molecule has 1 amide bonds. The Kier molecular flexibility index (Phi) is 5.24. The smallest absolute Gasteiger partial charge is 0.335 e. The van der Waals surface area contributed by atoms with Gasteiger partial charge in [0.15, 0.2) is 0 Å². The fourth-order valence-electron chi connectivity index (χ4n) is 1.64. The van der Waals surface area contributed by atoms with Gasteiger partial charge in [-0.15, -0.1) is 0 Å². The average Bonchev–Trinajstić information content (AvgIpc) is 2.44. The number of aliphatic hydroxyl groups excluding tert-OH is 1. The number of aromatic carboxylic acids is 1. The lowest BCUT2D eigenvalue weighted by atomic mass is 10.1. The van der Waals surface area contributed by atoms with E-state index in [2.05, 4.69) is 0 Å².